The molecule has 4 aliphatic carbocycles. The molecule has 142 valence electrons. The van der Waals surface area contributed by atoms with E-state index in [-0.39, 0.29) is 11.6 Å². The number of hydrogen-bond donors (Lipinski definition) is 2. The van der Waals surface area contributed by atoms with Crippen LogP contribution >= 0.6 is 11.3 Å². The first-order chi connectivity index (χ1) is 12.7. The number of urea groups is 1. The normalized spacial score (nSPS) is 38.4. The van der Waals surface area contributed by atoms with E-state index in [1.54, 1.807) is 11.3 Å². The number of aromatic nitrogens is 1. The van der Waals surface area contributed by atoms with Gasteiger partial charge in [-0.3, -0.25) is 0 Å². The average Bonchev–Trinajstić information content (AvgIpc) is 3.13. The van der Waals surface area contributed by atoms with Crippen LogP contribution in [0.1, 0.15) is 51.4 Å². The highest BCUT2D eigenvalue weighted by Gasteiger charge is 2.51. The second-order valence-corrected chi connectivity index (χ2v) is 10.2. The van der Waals surface area contributed by atoms with Crippen LogP contribution in [0.15, 0.2) is 11.6 Å². The third-order valence-electron chi connectivity index (χ3n) is 7.18. The summed E-state index contributed by atoms with van der Waals surface area (Å²) in [5.74, 6) is 3.13. The molecule has 5 nitrogen and oxygen atoms in total. The highest BCUT2D eigenvalue weighted by molar-refractivity contribution is 7.13. The summed E-state index contributed by atoms with van der Waals surface area (Å²) in [6, 6.07) is 0.0679. The maximum atomic E-state index is 12.6. The van der Waals surface area contributed by atoms with Gasteiger partial charge in [-0.1, -0.05) is 0 Å². The molecule has 4 bridgehead atoms. The van der Waals surface area contributed by atoms with E-state index in [1.165, 1.54) is 51.4 Å². The molecule has 0 spiro atoms. The molecule has 1 atom stereocenters. The van der Waals surface area contributed by atoms with Crippen molar-refractivity contribution in [1.29, 1.82) is 0 Å². The Balaban J connectivity index is 1.13. The van der Waals surface area contributed by atoms with Crippen molar-refractivity contribution < 1.29 is 4.79 Å². The molecule has 5 aliphatic rings. The quantitative estimate of drug-likeness (QED) is 0.846. The highest BCUT2D eigenvalue weighted by atomic mass is 32.1. The largest absolute Gasteiger partial charge is 0.348 e. The van der Waals surface area contributed by atoms with Crippen LogP contribution in [-0.4, -0.2) is 36.2 Å². The molecule has 2 heterocycles. The standard InChI is InChI=1S/C20H30N4OS/c25-18(23-20-9-15-6-16(10-20)8-17(7-15)11-20)22-12-14-2-1-4-24(13-14)19-21-3-5-26-19/h3,5,14-17H,1-2,4,6-13H2,(H2,22,23,25). The Morgan fingerprint density at radius 1 is 1.23 bits per heavy atom. The number of carbonyl (C=O) groups is 1. The lowest BCUT2D eigenvalue weighted by Crippen LogP contribution is -2.61. The van der Waals surface area contributed by atoms with Gasteiger partial charge in [-0.25, -0.2) is 9.78 Å². The van der Waals surface area contributed by atoms with Gasteiger partial charge >= 0.3 is 6.03 Å². The molecule has 1 aromatic heterocycles. The molecule has 0 aromatic carbocycles. The van der Waals surface area contributed by atoms with Crippen molar-refractivity contribution in [2.45, 2.75) is 56.9 Å². The molecule has 1 unspecified atom stereocenters. The Hall–Kier alpha value is -1.30. The summed E-state index contributed by atoms with van der Waals surface area (Å²) < 4.78 is 0. The minimum atomic E-state index is 0.0679. The van der Waals surface area contributed by atoms with Gasteiger partial charge in [0.25, 0.3) is 0 Å². The molecule has 26 heavy (non-hydrogen) atoms. The van der Waals surface area contributed by atoms with Crippen molar-refractivity contribution in [2.75, 3.05) is 24.5 Å². The summed E-state index contributed by atoms with van der Waals surface area (Å²) in [5.41, 5.74) is 0.109. The minimum Gasteiger partial charge on any atom is -0.348 e. The molecular weight excluding hydrogens is 344 g/mol. The predicted octanol–water partition coefficient (Wildman–Crippen LogP) is 3.63. The number of nitrogens with one attached hydrogen (secondary N) is 2. The van der Waals surface area contributed by atoms with Crippen molar-refractivity contribution in [2.24, 2.45) is 23.7 Å². The average molecular weight is 375 g/mol. The summed E-state index contributed by atoms with van der Waals surface area (Å²) in [6.07, 6.45) is 12.1. The van der Waals surface area contributed by atoms with E-state index in [1.807, 2.05) is 11.6 Å². The maximum absolute atomic E-state index is 12.6. The van der Waals surface area contributed by atoms with Gasteiger partial charge in [-0.05, 0) is 75.0 Å². The predicted molar refractivity (Wildman–Crippen MR) is 104 cm³/mol. The van der Waals surface area contributed by atoms with Gasteiger partial charge in [0, 0.05) is 36.8 Å². The van der Waals surface area contributed by atoms with E-state index in [0.717, 1.165) is 42.5 Å². The van der Waals surface area contributed by atoms with Crippen LogP contribution in [0.3, 0.4) is 0 Å². The molecule has 6 rings (SSSR count). The summed E-state index contributed by atoms with van der Waals surface area (Å²) >= 11 is 1.71. The Labute approximate surface area is 159 Å². The fourth-order valence-corrected chi connectivity index (χ4v) is 7.24. The number of thiazole rings is 1. The topological polar surface area (TPSA) is 57.3 Å². The molecule has 1 saturated heterocycles. The zero-order valence-corrected chi connectivity index (χ0v) is 16.3. The number of nitrogens with zero attached hydrogens (tertiary/aromatic N) is 2. The van der Waals surface area contributed by atoms with Crippen LogP contribution in [0.4, 0.5) is 9.93 Å². The van der Waals surface area contributed by atoms with Crippen molar-refractivity contribution >= 4 is 22.5 Å². The SMILES string of the molecule is O=C(NCC1CCCN(c2nccs2)C1)NC12CC3CC(CC(C3)C1)C2. The number of anilines is 1. The lowest BCUT2D eigenvalue weighted by molar-refractivity contribution is -0.0135. The number of piperidine rings is 1. The fraction of sp³-hybridized carbons (Fsp3) is 0.800. The molecule has 1 aliphatic heterocycles. The van der Waals surface area contributed by atoms with Crippen molar-refractivity contribution in [3.05, 3.63) is 11.6 Å². The van der Waals surface area contributed by atoms with Crippen molar-refractivity contribution in [3.8, 4) is 0 Å². The fourth-order valence-electron chi connectivity index (χ4n) is 6.56. The van der Waals surface area contributed by atoms with Crippen molar-refractivity contribution in [3.63, 3.8) is 0 Å². The first-order valence-electron chi connectivity index (χ1n) is 10.4. The van der Waals surface area contributed by atoms with Crippen LogP contribution in [0, 0.1) is 23.7 Å². The lowest BCUT2D eigenvalue weighted by Gasteiger charge is -2.56. The molecule has 4 saturated carbocycles. The van der Waals surface area contributed by atoms with Crippen LogP contribution in [0.5, 0.6) is 0 Å². The van der Waals surface area contributed by atoms with Crippen LogP contribution in [0.25, 0.3) is 0 Å². The highest BCUT2D eigenvalue weighted by Crippen LogP contribution is 2.55. The van der Waals surface area contributed by atoms with Crippen LogP contribution in [-0.2, 0) is 0 Å². The number of amides is 2. The molecule has 2 amide bonds. The van der Waals surface area contributed by atoms with E-state index >= 15 is 0 Å². The third-order valence-corrected chi connectivity index (χ3v) is 8.01. The van der Waals surface area contributed by atoms with E-state index in [0.29, 0.717) is 5.92 Å². The van der Waals surface area contributed by atoms with Gasteiger partial charge in [-0.2, -0.15) is 0 Å². The third kappa shape index (κ3) is 3.32. The molecule has 2 N–H and O–H groups in total. The van der Waals surface area contributed by atoms with Gasteiger partial charge in [0.1, 0.15) is 0 Å². The first kappa shape index (κ1) is 16.8. The van der Waals surface area contributed by atoms with E-state index < -0.39 is 0 Å². The minimum absolute atomic E-state index is 0.0679. The number of carbonyl (C=O) groups excluding carboxylic acids is 1. The molecule has 5 fully saturated rings. The second-order valence-electron chi connectivity index (χ2n) is 9.30. The van der Waals surface area contributed by atoms with E-state index in [9.17, 15) is 4.79 Å². The Bertz CT molecular complexity index is 611. The lowest BCUT2D eigenvalue weighted by atomic mass is 9.53. The van der Waals surface area contributed by atoms with Gasteiger partial charge in [-0.15, -0.1) is 11.3 Å². The molecule has 0 radical (unpaired) electrons. The Morgan fingerprint density at radius 3 is 2.62 bits per heavy atom. The Kier molecular flexibility index (Phi) is 4.34. The zero-order valence-electron chi connectivity index (χ0n) is 15.5. The Morgan fingerprint density at radius 2 is 1.96 bits per heavy atom. The summed E-state index contributed by atoms with van der Waals surface area (Å²) in [4.78, 5) is 19.4. The number of hydrogen-bond acceptors (Lipinski definition) is 4. The second kappa shape index (κ2) is 6.70. The molecule has 1 aromatic rings. The summed E-state index contributed by atoms with van der Waals surface area (Å²) in [5, 5.41) is 9.78. The first-order valence-corrected chi connectivity index (χ1v) is 11.3. The van der Waals surface area contributed by atoms with Gasteiger partial charge < -0.3 is 15.5 Å². The van der Waals surface area contributed by atoms with Gasteiger partial charge in [0.2, 0.25) is 0 Å². The van der Waals surface area contributed by atoms with E-state index in [2.05, 4.69) is 20.5 Å². The smallest absolute Gasteiger partial charge is 0.315 e. The monoisotopic (exact) mass is 374 g/mol. The van der Waals surface area contributed by atoms with Crippen LogP contribution in [0.2, 0.25) is 0 Å². The molecular formula is C20H30N4OS. The van der Waals surface area contributed by atoms with Gasteiger partial charge in [0.15, 0.2) is 5.13 Å². The molecule has 6 heteroatoms. The summed E-state index contributed by atoms with van der Waals surface area (Å²) in [6.45, 7) is 2.87. The maximum Gasteiger partial charge on any atom is 0.315 e. The zero-order chi connectivity index (χ0) is 17.6. The van der Waals surface area contributed by atoms with Gasteiger partial charge in [0.05, 0.1) is 0 Å². The van der Waals surface area contributed by atoms with E-state index in [4.69, 9.17) is 0 Å². The summed E-state index contributed by atoms with van der Waals surface area (Å²) in [7, 11) is 0. The number of rotatable bonds is 4. The van der Waals surface area contributed by atoms with Crippen molar-refractivity contribution in [1.82, 2.24) is 15.6 Å². The van der Waals surface area contributed by atoms with Crippen LogP contribution < -0.4 is 15.5 Å².